The van der Waals surface area contributed by atoms with Crippen molar-refractivity contribution in [2.75, 3.05) is 13.1 Å². The van der Waals surface area contributed by atoms with Gasteiger partial charge in [-0.1, -0.05) is 49.2 Å². The van der Waals surface area contributed by atoms with Crippen LogP contribution >= 0.6 is 0 Å². The van der Waals surface area contributed by atoms with Crippen LogP contribution in [0.1, 0.15) is 52.7 Å². The molecule has 0 aliphatic carbocycles. The molecule has 1 saturated heterocycles. The molecule has 0 unspecified atom stereocenters. The molecule has 0 bridgehead atoms. The van der Waals surface area contributed by atoms with Crippen LogP contribution in [0.15, 0.2) is 48.5 Å². The monoisotopic (exact) mass is 352 g/mol. The number of benzene rings is 2. The van der Waals surface area contributed by atoms with Crippen molar-refractivity contribution in [1.29, 1.82) is 0 Å². The zero-order valence-electron chi connectivity index (χ0n) is 15.3. The zero-order valence-corrected chi connectivity index (χ0v) is 15.3. The lowest BCUT2D eigenvalue weighted by Crippen LogP contribution is -2.25. The summed E-state index contributed by atoms with van der Waals surface area (Å²) in [6.45, 7) is 5.00. The Labute approximate surface area is 155 Å². The lowest BCUT2D eigenvalue weighted by atomic mass is 10.1. The van der Waals surface area contributed by atoms with E-state index in [2.05, 4.69) is 34.5 Å². The van der Waals surface area contributed by atoms with E-state index in [0.717, 1.165) is 25.2 Å². The minimum Gasteiger partial charge on any atom is -0.478 e. The average molecular weight is 352 g/mol. The van der Waals surface area contributed by atoms with Crippen LogP contribution < -0.4 is 5.32 Å². The lowest BCUT2D eigenvalue weighted by Gasteiger charge is -2.21. The summed E-state index contributed by atoms with van der Waals surface area (Å²) >= 11 is 0. The van der Waals surface area contributed by atoms with E-state index in [1.165, 1.54) is 49.9 Å². The Bertz CT molecular complexity index is 704. The average Bonchev–Trinajstić information content (AvgIpc) is 2.92. The fraction of sp³-hybridized carbons (Fsp3) is 0.409. The number of carboxylic acid groups (broad SMARTS) is 1. The Kier molecular flexibility index (Phi) is 6.81. The highest BCUT2D eigenvalue weighted by Crippen LogP contribution is 2.16. The van der Waals surface area contributed by atoms with E-state index in [4.69, 9.17) is 5.11 Å². The molecule has 4 nitrogen and oxygen atoms in total. The number of likely N-dealkylation sites (tertiary alicyclic amines) is 1. The molecule has 0 saturated carbocycles. The largest absolute Gasteiger partial charge is 0.478 e. The molecule has 0 aromatic heterocycles. The van der Waals surface area contributed by atoms with E-state index in [1.807, 2.05) is 12.1 Å². The van der Waals surface area contributed by atoms with E-state index in [-0.39, 0.29) is 0 Å². The topological polar surface area (TPSA) is 52.6 Å². The quantitative estimate of drug-likeness (QED) is 0.789. The third-order valence-electron chi connectivity index (χ3n) is 5.06. The number of rotatable bonds is 7. The first-order valence-electron chi connectivity index (χ1n) is 9.54. The minimum atomic E-state index is -0.882. The molecule has 0 radical (unpaired) electrons. The number of hydrogen-bond donors (Lipinski definition) is 2. The molecule has 0 atom stereocenters. The van der Waals surface area contributed by atoms with Crippen molar-refractivity contribution in [3.05, 3.63) is 70.8 Å². The molecule has 2 aromatic rings. The predicted molar refractivity (Wildman–Crippen MR) is 104 cm³/mol. The molecular formula is C22H28N2O2. The molecule has 1 aliphatic rings. The van der Waals surface area contributed by atoms with Gasteiger partial charge in [-0.2, -0.15) is 0 Å². The number of nitrogens with zero attached hydrogens (tertiary/aromatic N) is 1. The maximum atomic E-state index is 10.9. The van der Waals surface area contributed by atoms with Crippen LogP contribution in [-0.2, 0) is 19.6 Å². The summed E-state index contributed by atoms with van der Waals surface area (Å²) in [4.78, 5) is 13.5. The van der Waals surface area contributed by atoms with Crippen LogP contribution in [-0.4, -0.2) is 29.1 Å². The summed E-state index contributed by atoms with van der Waals surface area (Å²) in [5.74, 6) is -0.882. The standard InChI is InChI=1S/C22H28N2O2/c25-22(26)19-11-9-18(10-12-19)15-23-16-20-7-3-4-8-21(20)17-24-13-5-1-2-6-14-24/h3-4,7-12,23H,1-2,5-6,13-17H2,(H,25,26). The smallest absolute Gasteiger partial charge is 0.335 e. The Morgan fingerprint density at radius 1 is 0.885 bits per heavy atom. The van der Waals surface area contributed by atoms with Crippen molar-refractivity contribution in [2.24, 2.45) is 0 Å². The van der Waals surface area contributed by atoms with Crippen molar-refractivity contribution in [3.63, 3.8) is 0 Å². The van der Waals surface area contributed by atoms with Gasteiger partial charge in [-0.25, -0.2) is 4.79 Å². The predicted octanol–water partition coefficient (Wildman–Crippen LogP) is 4.05. The fourth-order valence-corrected chi connectivity index (χ4v) is 3.53. The highest BCUT2D eigenvalue weighted by atomic mass is 16.4. The molecule has 4 heteroatoms. The molecule has 0 spiro atoms. The van der Waals surface area contributed by atoms with Gasteiger partial charge in [0.25, 0.3) is 0 Å². The van der Waals surface area contributed by atoms with E-state index < -0.39 is 5.97 Å². The fourth-order valence-electron chi connectivity index (χ4n) is 3.53. The van der Waals surface area contributed by atoms with Crippen molar-refractivity contribution in [3.8, 4) is 0 Å². The van der Waals surface area contributed by atoms with Gasteiger partial charge < -0.3 is 10.4 Å². The lowest BCUT2D eigenvalue weighted by molar-refractivity contribution is 0.0697. The van der Waals surface area contributed by atoms with Crippen LogP contribution in [0, 0.1) is 0 Å². The molecule has 1 aliphatic heterocycles. The molecule has 2 N–H and O–H groups in total. The number of aromatic carboxylic acids is 1. The number of carbonyl (C=O) groups is 1. The SMILES string of the molecule is O=C(O)c1ccc(CNCc2ccccc2CN2CCCCCC2)cc1. The van der Waals surface area contributed by atoms with E-state index in [9.17, 15) is 4.79 Å². The summed E-state index contributed by atoms with van der Waals surface area (Å²) in [6.07, 6.45) is 5.35. The number of hydrogen-bond acceptors (Lipinski definition) is 3. The molecule has 26 heavy (non-hydrogen) atoms. The van der Waals surface area contributed by atoms with E-state index in [0.29, 0.717) is 5.56 Å². The van der Waals surface area contributed by atoms with Gasteiger partial charge in [0.15, 0.2) is 0 Å². The zero-order chi connectivity index (χ0) is 18.2. The van der Waals surface area contributed by atoms with E-state index in [1.54, 1.807) is 12.1 Å². The van der Waals surface area contributed by atoms with Crippen molar-refractivity contribution < 1.29 is 9.90 Å². The Balaban J connectivity index is 1.55. The molecular weight excluding hydrogens is 324 g/mol. The second kappa shape index (κ2) is 9.51. The normalized spacial score (nSPS) is 15.5. The van der Waals surface area contributed by atoms with Gasteiger partial charge in [0.1, 0.15) is 0 Å². The van der Waals surface area contributed by atoms with Crippen molar-refractivity contribution >= 4 is 5.97 Å². The third-order valence-corrected chi connectivity index (χ3v) is 5.06. The first-order chi connectivity index (χ1) is 12.7. The first-order valence-corrected chi connectivity index (χ1v) is 9.54. The number of nitrogens with one attached hydrogen (secondary N) is 1. The van der Waals surface area contributed by atoms with Gasteiger partial charge in [-0.3, -0.25) is 4.90 Å². The van der Waals surface area contributed by atoms with Crippen molar-refractivity contribution in [2.45, 2.75) is 45.3 Å². The molecule has 2 aromatic carbocycles. The maximum Gasteiger partial charge on any atom is 0.335 e. The Hall–Kier alpha value is -2.17. The molecule has 1 heterocycles. The van der Waals surface area contributed by atoms with Crippen LogP contribution in [0.25, 0.3) is 0 Å². The summed E-state index contributed by atoms with van der Waals surface area (Å²) in [6, 6.07) is 15.7. The van der Waals surface area contributed by atoms with Gasteiger partial charge in [-0.05, 0) is 54.8 Å². The van der Waals surface area contributed by atoms with Crippen LogP contribution in [0.3, 0.4) is 0 Å². The first kappa shape index (κ1) is 18.6. The van der Waals surface area contributed by atoms with E-state index >= 15 is 0 Å². The van der Waals surface area contributed by atoms with Crippen LogP contribution in [0.4, 0.5) is 0 Å². The Morgan fingerprint density at radius 3 is 2.19 bits per heavy atom. The van der Waals surface area contributed by atoms with Crippen LogP contribution in [0.2, 0.25) is 0 Å². The molecule has 0 amide bonds. The van der Waals surface area contributed by atoms with Gasteiger partial charge in [0, 0.05) is 19.6 Å². The van der Waals surface area contributed by atoms with Gasteiger partial charge in [0.2, 0.25) is 0 Å². The van der Waals surface area contributed by atoms with Crippen LogP contribution in [0.5, 0.6) is 0 Å². The number of carboxylic acids is 1. The maximum absolute atomic E-state index is 10.9. The third kappa shape index (κ3) is 5.41. The second-order valence-electron chi connectivity index (χ2n) is 7.06. The van der Waals surface area contributed by atoms with Gasteiger partial charge >= 0.3 is 5.97 Å². The minimum absolute atomic E-state index is 0.330. The van der Waals surface area contributed by atoms with Gasteiger partial charge in [0.05, 0.1) is 5.56 Å². The summed E-state index contributed by atoms with van der Waals surface area (Å²) < 4.78 is 0. The Morgan fingerprint density at radius 2 is 1.54 bits per heavy atom. The summed E-state index contributed by atoms with van der Waals surface area (Å²) in [7, 11) is 0. The highest BCUT2D eigenvalue weighted by molar-refractivity contribution is 5.87. The highest BCUT2D eigenvalue weighted by Gasteiger charge is 2.11. The molecule has 3 rings (SSSR count). The summed E-state index contributed by atoms with van der Waals surface area (Å²) in [5.41, 5.74) is 4.18. The summed E-state index contributed by atoms with van der Waals surface area (Å²) in [5, 5.41) is 12.5. The van der Waals surface area contributed by atoms with Gasteiger partial charge in [-0.15, -0.1) is 0 Å². The molecule has 138 valence electrons. The van der Waals surface area contributed by atoms with Crippen molar-refractivity contribution in [1.82, 2.24) is 10.2 Å². The molecule has 1 fully saturated rings. The second-order valence-corrected chi connectivity index (χ2v) is 7.06.